The molecule has 0 unspecified atom stereocenters. The Morgan fingerprint density at radius 2 is 1.94 bits per heavy atom. The molecule has 88 valence electrons. The van der Waals surface area contributed by atoms with Crippen molar-refractivity contribution in [1.29, 1.82) is 0 Å². The van der Waals surface area contributed by atoms with Gasteiger partial charge >= 0.3 is 6.36 Å². The first-order valence-electron chi connectivity index (χ1n) is 4.68. The van der Waals surface area contributed by atoms with Crippen LogP contribution in [0.5, 0.6) is 5.75 Å². The number of hydrogen-bond donors (Lipinski definition) is 0. The van der Waals surface area contributed by atoms with Crippen LogP contribution < -0.4 is 4.74 Å². The standard InChI is InChI=1S/C11H7F3N2O/c12-11(13,14)17-10-3-1-9(2-4-10)7-16-6-5-15-8-16/h1-4,8H,7H2. The van der Waals surface area contributed by atoms with E-state index in [4.69, 9.17) is 0 Å². The van der Waals surface area contributed by atoms with Crippen molar-refractivity contribution < 1.29 is 17.9 Å². The zero-order chi connectivity index (χ0) is 12.3. The summed E-state index contributed by atoms with van der Waals surface area (Å²) in [6.45, 7) is 0.475. The topological polar surface area (TPSA) is 27.1 Å². The lowest BCUT2D eigenvalue weighted by Crippen LogP contribution is -2.17. The maximum Gasteiger partial charge on any atom is 0.573 e. The minimum atomic E-state index is -4.66. The summed E-state index contributed by atoms with van der Waals surface area (Å²) in [4.78, 5) is 3.69. The Morgan fingerprint density at radius 1 is 1.24 bits per heavy atom. The van der Waals surface area contributed by atoms with E-state index in [1.807, 2.05) is 0 Å². The van der Waals surface area contributed by atoms with E-state index in [2.05, 4.69) is 22.1 Å². The summed E-state index contributed by atoms with van der Waals surface area (Å²) in [6, 6.07) is 5.64. The van der Waals surface area contributed by atoms with Gasteiger partial charge in [0.2, 0.25) is 0 Å². The van der Waals surface area contributed by atoms with Gasteiger partial charge in [0.15, 0.2) is 0 Å². The van der Waals surface area contributed by atoms with Gasteiger partial charge in [-0.2, -0.15) is 4.98 Å². The van der Waals surface area contributed by atoms with Crippen LogP contribution in [0.1, 0.15) is 5.56 Å². The van der Waals surface area contributed by atoms with Crippen molar-refractivity contribution in [2.75, 3.05) is 0 Å². The van der Waals surface area contributed by atoms with Crippen molar-refractivity contribution in [1.82, 2.24) is 9.55 Å². The minimum Gasteiger partial charge on any atom is -0.406 e. The normalized spacial score (nSPS) is 11.0. The van der Waals surface area contributed by atoms with Gasteiger partial charge in [-0.25, -0.2) is 0 Å². The van der Waals surface area contributed by atoms with Gasteiger partial charge in [-0.3, -0.25) is 4.57 Å². The van der Waals surface area contributed by atoms with E-state index in [0.717, 1.165) is 5.56 Å². The third-order valence-corrected chi connectivity index (χ3v) is 1.97. The number of hydrogen-bond acceptors (Lipinski definition) is 2. The van der Waals surface area contributed by atoms with Crippen LogP contribution in [-0.4, -0.2) is 15.9 Å². The fraction of sp³-hybridized carbons (Fsp3) is 0.182. The number of benzene rings is 1. The Kier molecular flexibility index (Phi) is 2.91. The molecule has 6 heteroatoms. The van der Waals surface area contributed by atoms with Gasteiger partial charge in [-0.05, 0) is 17.7 Å². The van der Waals surface area contributed by atoms with E-state index in [9.17, 15) is 13.2 Å². The number of halogens is 3. The van der Waals surface area contributed by atoms with Crippen molar-refractivity contribution in [3.63, 3.8) is 0 Å². The molecule has 0 bridgehead atoms. The maximum atomic E-state index is 11.9. The van der Waals surface area contributed by atoms with Gasteiger partial charge < -0.3 is 4.74 Å². The SMILES string of the molecule is FC(F)(F)Oc1ccc(Cn2c#cnc2)cc1. The Balaban J connectivity index is 2.03. The predicted octanol–water partition coefficient (Wildman–Crippen LogP) is 2.43. The highest BCUT2D eigenvalue weighted by molar-refractivity contribution is 5.27. The molecule has 0 spiro atoms. The largest absolute Gasteiger partial charge is 0.573 e. The van der Waals surface area contributed by atoms with E-state index >= 15 is 0 Å². The Bertz CT molecular complexity index is 462. The van der Waals surface area contributed by atoms with Crippen LogP contribution in [0, 0.1) is 12.4 Å². The Hall–Kier alpha value is -2.16. The van der Waals surface area contributed by atoms with Crippen LogP contribution >= 0.6 is 0 Å². The van der Waals surface area contributed by atoms with Gasteiger partial charge in [0.1, 0.15) is 12.1 Å². The quantitative estimate of drug-likeness (QED) is 0.823. The fourth-order valence-corrected chi connectivity index (χ4v) is 1.29. The molecule has 0 radical (unpaired) electrons. The first-order valence-corrected chi connectivity index (χ1v) is 4.68. The molecule has 3 nitrogen and oxygen atoms in total. The van der Waals surface area contributed by atoms with Crippen molar-refractivity contribution >= 4 is 0 Å². The molecule has 0 aliphatic rings. The molecule has 1 heterocycles. The summed E-state index contributed by atoms with van der Waals surface area (Å²) in [6.07, 6.45) is 2.08. The van der Waals surface area contributed by atoms with E-state index in [-0.39, 0.29) is 5.75 Å². The van der Waals surface area contributed by atoms with E-state index in [1.165, 1.54) is 18.5 Å². The summed E-state index contributed by atoms with van der Waals surface area (Å²) in [5.74, 6) is -0.234. The van der Waals surface area contributed by atoms with Crippen LogP contribution in [0.3, 0.4) is 0 Å². The zero-order valence-electron chi connectivity index (χ0n) is 8.53. The van der Waals surface area contributed by atoms with Crippen LogP contribution in [-0.2, 0) is 6.54 Å². The smallest absolute Gasteiger partial charge is 0.406 e. The van der Waals surface area contributed by atoms with Crippen molar-refractivity contribution in [3.8, 4) is 5.75 Å². The molecular weight excluding hydrogens is 233 g/mol. The van der Waals surface area contributed by atoms with Crippen molar-refractivity contribution in [2.45, 2.75) is 12.9 Å². The summed E-state index contributed by atoms with van der Waals surface area (Å²) in [7, 11) is 0. The van der Waals surface area contributed by atoms with Gasteiger partial charge in [0.05, 0.1) is 12.7 Å². The zero-order valence-corrected chi connectivity index (χ0v) is 8.53. The molecule has 0 aliphatic heterocycles. The Labute approximate surface area is 95.5 Å². The lowest BCUT2D eigenvalue weighted by Gasteiger charge is -2.09. The number of ether oxygens (including phenoxy) is 1. The average molecular weight is 240 g/mol. The van der Waals surface area contributed by atoms with Crippen LogP contribution in [0.25, 0.3) is 0 Å². The van der Waals surface area contributed by atoms with Crippen molar-refractivity contribution in [3.05, 3.63) is 48.5 Å². The molecule has 2 aromatic rings. The molecule has 0 atom stereocenters. The van der Waals surface area contributed by atoms with E-state index < -0.39 is 6.36 Å². The highest BCUT2D eigenvalue weighted by Gasteiger charge is 2.30. The molecule has 0 saturated carbocycles. The molecule has 1 aromatic carbocycles. The molecule has 17 heavy (non-hydrogen) atoms. The molecule has 0 saturated heterocycles. The minimum absolute atomic E-state index is 0.234. The van der Waals surface area contributed by atoms with Gasteiger partial charge in [0.25, 0.3) is 0 Å². The average Bonchev–Trinajstić information content (AvgIpc) is 2.71. The first-order chi connectivity index (χ1) is 8.03. The number of rotatable bonds is 3. The van der Waals surface area contributed by atoms with E-state index in [1.54, 1.807) is 16.7 Å². The molecule has 0 N–H and O–H groups in total. The summed E-state index contributed by atoms with van der Waals surface area (Å²) in [5.41, 5.74) is 0.821. The third-order valence-electron chi connectivity index (χ3n) is 1.97. The first kappa shape index (κ1) is 11.3. The highest BCUT2D eigenvalue weighted by Crippen LogP contribution is 2.22. The second kappa shape index (κ2) is 4.37. The molecule has 2 rings (SSSR count). The molecule has 0 amide bonds. The van der Waals surface area contributed by atoms with Crippen LogP contribution in [0.2, 0.25) is 0 Å². The van der Waals surface area contributed by atoms with Gasteiger partial charge in [0, 0.05) is 6.20 Å². The number of aromatic nitrogens is 2. The lowest BCUT2D eigenvalue weighted by atomic mass is 10.2. The molecule has 0 fully saturated rings. The summed E-state index contributed by atoms with van der Waals surface area (Å²) >= 11 is 0. The fourth-order valence-electron chi connectivity index (χ4n) is 1.29. The highest BCUT2D eigenvalue weighted by atomic mass is 19.4. The predicted molar refractivity (Wildman–Crippen MR) is 52.1 cm³/mol. The summed E-state index contributed by atoms with van der Waals surface area (Å²) < 4.78 is 41.1. The van der Waals surface area contributed by atoms with Crippen LogP contribution in [0.4, 0.5) is 13.2 Å². The summed E-state index contributed by atoms with van der Waals surface area (Å²) in [5, 5.41) is 0. The monoisotopic (exact) mass is 240 g/mol. The lowest BCUT2D eigenvalue weighted by molar-refractivity contribution is -0.274. The van der Waals surface area contributed by atoms with Gasteiger partial charge in [-0.1, -0.05) is 12.1 Å². The van der Waals surface area contributed by atoms with Gasteiger partial charge in [-0.15, -0.1) is 13.2 Å². The second-order valence-corrected chi connectivity index (χ2v) is 3.29. The van der Waals surface area contributed by atoms with E-state index in [0.29, 0.717) is 6.54 Å². The number of nitrogens with zero attached hydrogens (tertiary/aromatic N) is 2. The molecule has 1 aromatic heterocycles. The molecular formula is C11H7F3N2O. The maximum absolute atomic E-state index is 11.9. The van der Waals surface area contributed by atoms with Crippen LogP contribution in [0.15, 0.2) is 30.6 Å². The third kappa shape index (κ3) is 3.41. The molecule has 0 aliphatic carbocycles. The number of alkyl halides is 3. The van der Waals surface area contributed by atoms with Crippen molar-refractivity contribution in [2.24, 2.45) is 0 Å². The second-order valence-electron chi connectivity index (χ2n) is 3.29. The Morgan fingerprint density at radius 3 is 2.47 bits per heavy atom.